The number of hydrogen-bond donors (Lipinski definition) is 0. The molecule has 0 spiro atoms. The highest BCUT2D eigenvalue weighted by molar-refractivity contribution is 9.09. The third-order valence-electron chi connectivity index (χ3n) is 4.80. The zero-order valence-electron chi connectivity index (χ0n) is 12.8. The summed E-state index contributed by atoms with van der Waals surface area (Å²) in [6.07, 6.45) is 7.86. The Bertz CT molecular complexity index is 392. The number of alkyl halides is 1. The Morgan fingerprint density at radius 3 is 2.35 bits per heavy atom. The molecule has 1 atom stereocenters. The predicted molar refractivity (Wildman–Crippen MR) is 90.0 cm³/mol. The largest absolute Gasteiger partial charge is 0.493 e. The first kappa shape index (κ1) is 15.9. The SMILES string of the molecule is CCC(C)c1ccc(OCC2(CBr)CCCCC2)cc1. The topological polar surface area (TPSA) is 9.23 Å². The van der Waals surface area contributed by atoms with E-state index in [-0.39, 0.29) is 0 Å². The highest BCUT2D eigenvalue weighted by atomic mass is 79.9. The van der Waals surface area contributed by atoms with Gasteiger partial charge in [0.15, 0.2) is 0 Å². The standard InChI is InChI=1S/C18H27BrO/c1-3-15(2)16-7-9-17(10-8-16)20-14-18(13-19)11-5-4-6-12-18/h7-10,15H,3-6,11-14H2,1-2H3. The van der Waals surface area contributed by atoms with Crippen LogP contribution >= 0.6 is 15.9 Å². The molecule has 0 aliphatic heterocycles. The summed E-state index contributed by atoms with van der Waals surface area (Å²) in [6.45, 7) is 5.36. The van der Waals surface area contributed by atoms with Crippen LogP contribution in [0.2, 0.25) is 0 Å². The summed E-state index contributed by atoms with van der Waals surface area (Å²) in [5.41, 5.74) is 1.76. The van der Waals surface area contributed by atoms with E-state index in [4.69, 9.17) is 4.74 Å². The van der Waals surface area contributed by atoms with E-state index in [0.717, 1.165) is 17.7 Å². The highest BCUT2D eigenvalue weighted by Gasteiger charge is 2.31. The molecule has 1 aromatic carbocycles. The minimum atomic E-state index is 0.355. The van der Waals surface area contributed by atoms with Gasteiger partial charge in [0.25, 0.3) is 0 Å². The second-order valence-electron chi connectivity index (χ2n) is 6.36. The van der Waals surface area contributed by atoms with Gasteiger partial charge in [0.05, 0.1) is 6.61 Å². The monoisotopic (exact) mass is 338 g/mol. The van der Waals surface area contributed by atoms with Crippen LogP contribution < -0.4 is 4.74 Å². The van der Waals surface area contributed by atoms with Crippen LogP contribution in [0.5, 0.6) is 5.75 Å². The Morgan fingerprint density at radius 2 is 1.80 bits per heavy atom. The summed E-state index contributed by atoms with van der Waals surface area (Å²) < 4.78 is 6.08. The van der Waals surface area contributed by atoms with Gasteiger partial charge >= 0.3 is 0 Å². The van der Waals surface area contributed by atoms with Gasteiger partial charge in [-0.3, -0.25) is 0 Å². The maximum absolute atomic E-state index is 6.08. The minimum absolute atomic E-state index is 0.355. The number of benzene rings is 1. The third-order valence-corrected chi connectivity index (χ3v) is 5.99. The summed E-state index contributed by atoms with van der Waals surface area (Å²) in [6, 6.07) is 8.69. The van der Waals surface area contributed by atoms with E-state index in [1.54, 1.807) is 0 Å². The lowest BCUT2D eigenvalue weighted by Crippen LogP contribution is -2.32. The Hall–Kier alpha value is -0.500. The van der Waals surface area contributed by atoms with Crippen LogP contribution in [0.1, 0.15) is 63.9 Å². The molecule has 0 N–H and O–H groups in total. The van der Waals surface area contributed by atoms with Crippen LogP contribution in [0, 0.1) is 5.41 Å². The van der Waals surface area contributed by atoms with Crippen molar-refractivity contribution in [1.29, 1.82) is 0 Å². The van der Waals surface area contributed by atoms with Gasteiger partial charge in [-0.05, 0) is 42.9 Å². The van der Waals surface area contributed by atoms with Crippen LogP contribution in [0.4, 0.5) is 0 Å². The summed E-state index contributed by atoms with van der Waals surface area (Å²) in [7, 11) is 0. The van der Waals surface area contributed by atoms with Crippen LogP contribution in [0.15, 0.2) is 24.3 Å². The highest BCUT2D eigenvalue weighted by Crippen LogP contribution is 2.38. The third kappa shape index (κ3) is 4.00. The van der Waals surface area contributed by atoms with Crippen molar-refractivity contribution in [2.24, 2.45) is 5.41 Å². The van der Waals surface area contributed by atoms with Crippen LogP contribution in [0.3, 0.4) is 0 Å². The first-order valence-corrected chi connectivity index (χ1v) is 9.10. The molecule has 1 nitrogen and oxygen atoms in total. The van der Waals surface area contributed by atoms with Gasteiger partial charge in [0.2, 0.25) is 0 Å². The summed E-state index contributed by atoms with van der Waals surface area (Å²) in [5.74, 6) is 1.65. The smallest absolute Gasteiger partial charge is 0.119 e. The van der Waals surface area contributed by atoms with Crippen LogP contribution in [-0.4, -0.2) is 11.9 Å². The summed E-state index contributed by atoms with van der Waals surface area (Å²) >= 11 is 3.70. The van der Waals surface area contributed by atoms with Gasteiger partial charge in [0, 0.05) is 10.7 Å². The zero-order chi connectivity index (χ0) is 14.4. The molecule has 1 aliphatic carbocycles. The number of ether oxygens (including phenoxy) is 1. The molecule has 112 valence electrons. The molecule has 0 radical (unpaired) electrons. The van der Waals surface area contributed by atoms with Crippen molar-refractivity contribution in [3.05, 3.63) is 29.8 Å². The van der Waals surface area contributed by atoms with Gasteiger partial charge in [-0.1, -0.05) is 61.2 Å². The van der Waals surface area contributed by atoms with E-state index < -0.39 is 0 Å². The first-order chi connectivity index (χ1) is 9.69. The molecule has 0 saturated heterocycles. The molecule has 0 heterocycles. The van der Waals surface area contributed by atoms with E-state index in [2.05, 4.69) is 54.0 Å². The zero-order valence-corrected chi connectivity index (χ0v) is 14.4. The molecule has 2 heteroatoms. The predicted octanol–water partition coefficient (Wildman–Crippen LogP) is 5.92. The lowest BCUT2D eigenvalue weighted by atomic mass is 9.76. The Kier molecular flexibility index (Phi) is 5.95. The number of rotatable bonds is 6. The molecule has 0 amide bonds. The molecular formula is C18H27BrO. The minimum Gasteiger partial charge on any atom is -0.493 e. The quantitative estimate of drug-likeness (QED) is 0.584. The molecule has 1 saturated carbocycles. The fourth-order valence-electron chi connectivity index (χ4n) is 2.98. The van der Waals surface area contributed by atoms with Crippen molar-refractivity contribution in [3.63, 3.8) is 0 Å². The van der Waals surface area contributed by atoms with Crippen molar-refractivity contribution >= 4 is 15.9 Å². The second kappa shape index (κ2) is 7.49. The molecule has 1 aromatic rings. The molecule has 2 rings (SSSR count). The van der Waals surface area contributed by atoms with E-state index in [1.807, 2.05) is 0 Å². The molecule has 0 aromatic heterocycles. The maximum Gasteiger partial charge on any atom is 0.119 e. The summed E-state index contributed by atoms with van der Waals surface area (Å²) in [5, 5.41) is 1.06. The molecule has 1 aliphatic rings. The average molecular weight is 339 g/mol. The van der Waals surface area contributed by atoms with E-state index in [1.165, 1.54) is 44.1 Å². The van der Waals surface area contributed by atoms with Crippen molar-refractivity contribution < 1.29 is 4.74 Å². The van der Waals surface area contributed by atoms with E-state index in [0.29, 0.717) is 11.3 Å². The van der Waals surface area contributed by atoms with Gasteiger partial charge in [-0.15, -0.1) is 0 Å². The van der Waals surface area contributed by atoms with Gasteiger partial charge in [0.1, 0.15) is 5.75 Å². The molecular weight excluding hydrogens is 312 g/mol. The van der Waals surface area contributed by atoms with Crippen LogP contribution in [-0.2, 0) is 0 Å². The Labute approximate surface area is 132 Å². The van der Waals surface area contributed by atoms with Crippen molar-refractivity contribution in [2.45, 2.75) is 58.3 Å². The normalized spacial score (nSPS) is 19.6. The lowest BCUT2D eigenvalue weighted by Gasteiger charge is -2.35. The van der Waals surface area contributed by atoms with Gasteiger partial charge < -0.3 is 4.74 Å². The van der Waals surface area contributed by atoms with E-state index >= 15 is 0 Å². The van der Waals surface area contributed by atoms with Gasteiger partial charge in [-0.25, -0.2) is 0 Å². The fourth-order valence-corrected chi connectivity index (χ4v) is 3.71. The Balaban J connectivity index is 1.92. The van der Waals surface area contributed by atoms with Crippen molar-refractivity contribution in [3.8, 4) is 5.75 Å². The first-order valence-electron chi connectivity index (χ1n) is 7.98. The molecule has 20 heavy (non-hydrogen) atoms. The van der Waals surface area contributed by atoms with Crippen molar-refractivity contribution in [2.75, 3.05) is 11.9 Å². The molecule has 1 fully saturated rings. The average Bonchev–Trinajstić information content (AvgIpc) is 2.53. The second-order valence-corrected chi connectivity index (χ2v) is 6.92. The van der Waals surface area contributed by atoms with Gasteiger partial charge in [-0.2, -0.15) is 0 Å². The lowest BCUT2D eigenvalue weighted by molar-refractivity contribution is 0.122. The Morgan fingerprint density at radius 1 is 1.15 bits per heavy atom. The van der Waals surface area contributed by atoms with Crippen LogP contribution in [0.25, 0.3) is 0 Å². The summed E-state index contributed by atoms with van der Waals surface area (Å²) in [4.78, 5) is 0. The number of halogens is 1. The fraction of sp³-hybridized carbons (Fsp3) is 0.667. The molecule has 0 bridgehead atoms. The maximum atomic E-state index is 6.08. The van der Waals surface area contributed by atoms with E-state index in [9.17, 15) is 0 Å². The number of hydrogen-bond acceptors (Lipinski definition) is 1. The molecule has 1 unspecified atom stereocenters. The van der Waals surface area contributed by atoms with Crippen molar-refractivity contribution in [1.82, 2.24) is 0 Å².